The maximum Gasteiger partial charge on any atom is 0.0780 e. The van der Waals surface area contributed by atoms with Crippen LogP contribution >= 0.6 is 0 Å². The standard InChI is InChI=1S/C21H21N/c1-13(2)18-6-7-20-19(16(18)5)8-9-22-21(20)17-11-14(3)10-15(4)12-17/h6-12H,1H2,2-5H3. The van der Waals surface area contributed by atoms with Gasteiger partial charge in [-0.15, -0.1) is 0 Å². The molecular weight excluding hydrogens is 266 g/mol. The molecule has 0 saturated heterocycles. The molecule has 0 N–H and O–H groups in total. The van der Waals surface area contributed by atoms with Gasteiger partial charge in [-0.25, -0.2) is 0 Å². The normalized spacial score (nSPS) is 10.9. The number of hydrogen-bond acceptors (Lipinski definition) is 1. The fourth-order valence-electron chi connectivity index (χ4n) is 3.21. The Bertz CT molecular complexity index is 868. The van der Waals surface area contributed by atoms with Crippen LogP contribution in [0.25, 0.3) is 27.6 Å². The number of pyridine rings is 1. The van der Waals surface area contributed by atoms with Gasteiger partial charge in [0.15, 0.2) is 0 Å². The summed E-state index contributed by atoms with van der Waals surface area (Å²) in [4.78, 5) is 4.65. The predicted octanol–water partition coefficient (Wildman–Crippen LogP) is 5.86. The lowest BCUT2D eigenvalue weighted by molar-refractivity contribution is 1.32. The number of benzene rings is 2. The van der Waals surface area contributed by atoms with Crippen LogP contribution in [0.5, 0.6) is 0 Å². The first kappa shape index (κ1) is 14.5. The molecule has 0 spiro atoms. The highest BCUT2D eigenvalue weighted by molar-refractivity contribution is 5.98. The molecule has 0 unspecified atom stereocenters. The van der Waals surface area contributed by atoms with Gasteiger partial charge in [-0.2, -0.15) is 0 Å². The first-order valence-electron chi connectivity index (χ1n) is 7.60. The molecular formula is C21H21N. The van der Waals surface area contributed by atoms with Crippen LogP contribution in [0.4, 0.5) is 0 Å². The highest BCUT2D eigenvalue weighted by atomic mass is 14.7. The van der Waals surface area contributed by atoms with Crippen LogP contribution < -0.4 is 0 Å². The Labute approximate surface area is 132 Å². The van der Waals surface area contributed by atoms with E-state index in [9.17, 15) is 0 Å². The average molecular weight is 287 g/mol. The van der Waals surface area contributed by atoms with Gasteiger partial charge in [-0.3, -0.25) is 4.98 Å². The zero-order valence-electron chi connectivity index (χ0n) is 13.7. The molecule has 2 aromatic carbocycles. The Morgan fingerprint density at radius 2 is 1.59 bits per heavy atom. The van der Waals surface area contributed by atoms with E-state index in [4.69, 9.17) is 0 Å². The van der Waals surface area contributed by atoms with E-state index in [1.54, 1.807) is 0 Å². The third kappa shape index (κ3) is 2.43. The van der Waals surface area contributed by atoms with Gasteiger partial charge in [0.05, 0.1) is 5.69 Å². The van der Waals surface area contributed by atoms with Gasteiger partial charge in [0.25, 0.3) is 0 Å². The van der Waals surface area contributed by atoms with E-state index in [2.05, 4.69) is 75.7 Å². The van der Waals surface area contributed by atoms with Gasteiger partial charge in [-0.1, -0.05) is 41.5 Å². The Balaban J connectivity index is 2.32. The van der Waals surface area contributed by atoms with Crippen LogP contribution in [0.1, 0.15) is 29.2 Å². The molecule has 1 nitrogen and oxygen atoms in total. The molecule has 1 heterocycles. The number of nitrogens with zero attached hydrogens (tertiary/aromatic N) is 1. The van der Waals surface area contributed by atoms with Gasteiger partial charge < -0.3 is 0 Å². The topological polar surface area (TPSA) is 12.9 Å². The van der Waals surface area contributed by atoms with Gasteiger partial charge in [-0.05, 0) is 62.4 Å². The lowest BCUT2D eigenvalue weighted by atomic mass is 9.94. The molecule has 0 aliphatic heterocycles. The molecule has 0 aliphatic rings. The summed E-state index contributed by atoms with van der Waals surface area (Å²) in [5, 5.41) is 2.46. The molecule has 22 heavy (non-hydrogen) atoms. The van der Waals surface area contributed by atoms with Crippen LogP contribution in [0.2, 0.25) is 0 Å². The molecule has 0 fully saturated rings. The van der Waals surface area contributed by atoms with E-state index in [0.717, 1.165) is 11.3 Å². The van der Waals surface area contributed by atoms with E-state index in [1.807, 2.05) is 6.20 Å². The van der Waals surface area contributed by atoms with E-state index in [1.165, 1.54) is 38.6 Å². The van der Waals surface area contributed by atoms with E-state index in [0.29, 0.717) is 0 Å². The molecule has 0 aliphatic carbocycles. The second-order valence-corrected chi connectivity index (χ2v) is 6.15. The highest BCUT2D eigenvalue weighted by Crippen LogP contribution is 2.32. The summed E-state index contributed by atoms with van der Waals surface area (Å²) in [5.74, 6) is 0. The van der Waals surface area contributed by atoms with Crippen LogP contribution in [-0.4, -0.2) is 4.98 Å². The SMILES string of the molecule is C=C(C)c1ccc2c(-c3cc(C)cc(C)c3)nccc2c1C. The van der Waals surface area contributed by atoms with Gasteiger partial charge in [0, 0.05) is 17.1 Å². The van der Waals surface area contributed by atoms with Gasteiger partial charge >= 0.3 is 0 Å². The first-order valence-corrected chi connectivity index (χ1v) is 7.60. The number of rotatable bonds is 2. The quantitative estimate of drug-likeness (QED) is 0.575. The van der Waals surface area contributed by atoms with Crippen molar-refractivity contribution < 1.29 is 0 Å². The average Bonchev–Trinajstić information content (AvgIpc) is 2.45. The van der Waals surface area contributed by atoms with Crippen LogP contribution in [0.15, 0.2) is 49.2 Å². The maximum absolute atomic E-state index is 4.65. The predicted molar refractivity (Wildman–Crippen MR) is 96.1 cm³/mol. The number of aryl methyl sites for hydroxylation is 3. The molecule has 1 heteroatoms. The van der Waals surface area contributed by atoms with Gasteiger partial charge in [0.1, 0.15) is 0 Å². The Morgan fingerprint density at radius 1 is 0.909 bits per heavy atom. The van der Waals surface area contributed by atoms with Crippen molar-refractivity contribution in [3.8, 4) is 11.3 Å². The zero-order chi connectivity index (χ0) is 15.9. The smallest absolute Gasteiger partial charge is 0.0780 e. The van der Waals surface area contributed by atoms with Crippen molar-refractivity contribution in [2.45, 2.75) is 27.7 Å². The van der Waals surface area contributed by atoms with Crippen molar-refractivity contribution in [2.24, 2.45) is 0 Å². The molecule has 3 rings (SSSR count). The van der Waals surface area contributed by atoms with E-state index >= 15 is 0 Å². The molecule has 1 aromatic heterocycles. The molecule has 0 amide bonds. The summed E-state index contributed by atoms with van der Waals surface area (Å²) in [7, 11) is 0. The summed E-state index contributed by atoms with van der Waals surface area (Å²) < 4.78 is 0. The van der Waals surface area contributed by atoms with Crippen molar-refractivity contribution in [1.82, 2.24) is 4.98 Å². The van der Waals surface area contributed by atoms with E-state index in [-0.39, 0.29) is 0 Å². The molecule has 3 aromatic rings. The molecule has 0 saturated carbocycles. The summed E-state index contributed by atoms with van der Waals surface area (Å²) in [6.45, 7) is 12.6. The summed E-state index contributed by atoms with van der Waals surface area (Å²) in [6, 6.07) is 13.0. The lowest BCUT2D eigenvalue weighted by Crippen LogP contribution is -1.92. The Hall–Kier alpha value is -2.41. The summed E-state index contributed by atoms with van der Waals surface area (Å²) >= 11 is 0. The van der Waals surface area contributed by atoms with Crippen LogP contribution in [0.3, 0.4) is 0 Å². The first-order chi connectivity index (χ1) is 10.5. The van der Waals surface area contributed by atoms with Gasteiger partial charge in [0.2, 0.25) is 0 Å². The third-order valence-corrected chi connectivity index (χ3v) is 4.17. The summed E-state index contributed by atoms with van der Waals surface area (Å²) in [6.07, 6.45) is 1.91. The third-order valence-electron chi connectivity index (χ3n) is 4.17. The molecule has 0 atom stereocenters. The fraction of sp³-hybridized carbons (Fsp3) is 0.190. The lowest BCUT2D eigenvalue weighted by Gasteiger charge is -2.13. The maximum atomic E-state index is 4.65. The summed E-state index contributed by atoms with van der Waals surface area (Å²) in [5.41, 5.74) is 8.38. The Morgan fingerprint density at radius 3 is 2.23 bits per heavy atom. The minimum absolute atomic E-state index is 1.06. The number of hydrogen-bond donors (Lipinski definition) is 0. The van der Waals surface area contributed by atoms with Crippen molar-refractivity contribution >= 4 is 16.3 Å². The number of fused-ring (bicyclic) bond motifs is 1. The minimum atomic E-state index is 1.06. The van der Waals surface area contributed by atoms with E-state index < -0.39 is 0 Å². The zero-order valence-corrected chi connectivity index (χ0v) is 13.7. The minimum Gasteiger partial charge on any atom is -0.256 e. The van der Waals surface area contributed by atoms with Crippen molar-refractivity contribution in [3.63, 3.8) is 0 Å². The van der Waals surface area contributed by atoms with Crippen LogP contribution in [-0.2, 0) is 0 Å². The van der Waals surface area contributed by atoms with Crippen molar-refractivity contribution in [3.05, 3.63) is 71.4 Å². The Kier molecular flexibility index (Phi) is 3.58. The highest BCUT2D eigenvalue weighted by Gasteiger charge is 2.10. The van der Waals surface area contributed by atoms with Crippen LogP contribution in [0, 0.1) is 20.8 Å². The fourth-order valence-corrected chi connectivity index (χ4v) is 3.21. The second-order valence-electron chi connectivity index (χ2n) is 6.15. The number of allylic oxidation sites excluding steroid dienone is 1. The molecule has 110 valence electrons. The molecule has 0 bridgehead atoms. The number of aromatic nitrogens is 1. The van der Waals surface area contributed by atoms with Crippen molar-refractivity contribution in [1.29, 1.82) is 0 Å². The largest absolute Gasteiger partial charge is 0.256 e. The second kappa shape index (κ2) is 5.42. The van der Waals surface area contributed by atoms with Crippen molar-refractivity contribution in [2.75, 3.05) is 0 Å². The molecule has 0 radical (unpaired) electrons. The monoisotopic (exact) mass is 287 g/mol.